The van der Waals surface area contributed by atoms with Gasteiger partial charge in [0.1, 0.15) is 5.75 Å². The molecule has 0 saturated heterocycles. The lowest BCUT2D eigenvalue weighted by Crippen LogP contribution is -2.25. The first-order chi connectivity index (χ1) is 9.65. The number of methoxy groups -OCH3 is 1. The fourth-order valence-electron chi connectivity index (χ4n) is 2.06. The summed E-state index contributed by atoms with van der Waals surface area (Å²) in [5.74, 6) is 0.884. The highest BCUT2D eigenvalue weighted by molar-refractivity contribution is 7.99. The van der Waals surface area contributed by atoms with Gasteiger partial charge in [0.25, 0.3) is 0 Å². The molecular weight excluding hydrogens is 270 g/mol. The zero-order valence-electron chi connectivity index (χ0n) is 12.1. The van der Waals surface area contributed by atoms with Gasteiger partial charge in [0.05, 0.1) is 18.6 Å². The second-order valence-corrected chi connectivity index (χ2v) is 5.89. The van der Waals surface area contributed by atoms with Crippen LogP contribution in [-0.4, -0.2) is 22.9 Å². The van der Waals surface area contributed by atoms with Crippen molar-refractivity contribution in [2.45, 2.75) is 29.5 Å². The molecule has 4 nitrogen and oxygen atoms in total. The van der Waals surface area contributed by atoms with Crippen LogP contribution in [0.4, 0.5) is 0 Å². The Hall–Kier alpha value is -1.46. The Bertz CT molecular complexity index is 556. The highest BCUT2D eigenvalue weighted by atomic mass is 32.2. The van der Waals surface area contributed by atoms with Crippen LogP contribution in [0.25, 0.3) is 0 Å². The minimum atomic E-state index is 0.0779. The molecule has 0 spiro atoms. The molecule has 0 aliphatic carbocycles. The van der Waals surface area contributed by atoms with Crippen molar-refractivity contribution in [1.29, 1.82) is 0 Å². The Morgan fingerprint density at radius 2 is 2.15 bits per heavy atom. The Kier molecular flexibility index (Phi) is 5.09. The average molecular weight is 291 g/mol. The fourth-order valence-corrected chi connectivity index (χ4v) is 3.38. The molecule has 0 saturated carbocycles. The van der Waals surface area contributed by atoms with Crippen LogP contribution in [0.3, 0.4) is 0 Å². The normalized spacial score (nSPS) is 14.0. The van der Waals surface area contributed by atoms with Crippen LogP contribution in [0.5, 0.6) is 5.75 Å². The monoisotopic (exact) mass is 291 g/mol. The Balaban J connectivity index is 2.28. The molecule has 1 heterocycles. The number of ether oxygens (including phenoxy) is 1. The number of para-hydroxylation sites is 1. The number of rotatable bonds is 6. The van der Waals surface area contributed by atoms with Gasteiger partial charge >= 0.3 is 0 Å². The van der Waals surface area contributed by atoms with Crippen LogP contribution in [0, 0.1) is 0 Å². The van der Waals surface area contributed by atoms with E-state index in [1.807, 2.05) is 42.3 Å². The summed E-state index contributed by atoms with van der Waals surface area (Å²) >= 11 is 1.74. The lowest BCUT2D eigenvalue weighted by molar-refractivity contribution is 0.404. The fraction of sp³-hybridized carbons (Fsp3) is 0.400. The molecule has 20 heavy (non-hydrogen) atoms. The van der Waals surface area contributed by atoms with E-state index in [1.165, 1.54) is 0 Å². The molecule has 108 valence electrons. The van der Waals surface area contributed by atoms with E-state index in [4.69, 9.17) is 10.5 Å². The first-order valence-corrected chi connectivity index (χ1v) is 7.57. The number of hydrogen-bond donors (Lipinski definition) is 1. The highest BCUT2D eigenvalue weighted by Crippen LogP contribution is 2.41. The maximum absolute atomic E-state index is 6.30. The number of aryl methyl sites for hydroxylation is 1. The van der Waals surface area contributed by atoms with Crippen LogP contribution >= 0.6 is 11.8 Å². The molecule has 2 atom stereocenters. The first-order valence-electron chi connectivity index (χ1n) is 6.69. The van der Waals surface area contributed by atoms with Gasteiger partial charge in [-0.1, -0.05) is 19.1 Å². The smallest absolute Gasteiger partial charge is 0.132 e. The molecule has 0 bridgehead atoms. The minimum Gasteiger partial charge on any atom is -0.496 e. The van der Waals surface area contributed by atoms with Crippen molar-refractivity contribution in [3.63, 3.8) is 0 Å². The van der Waals surface area contributed by atoms with Crippen molar-refractivity contribution < 1.29 is 4.74 Å². The second-order valence-electron chi connectivity index (χ2n) is 4.71. The zero-order valence-corrected chi connectivity index (χ0v) is 12.9. The van der Waals surface area contributed by atoms with Gasteiger partial charge in [0.15, 0.2) is 0 Å². The van der Waals surface area contributed by atoms with Gasteiger partial charge in [-0.05, 0) is 18.6 Å². The van der Waals surface area contributed by atoms with Crippen molar-refractivity contribution in [1.82, 2.24) is 9.78 Å². The van der Waals surface area contributed by atoms with E-state index in [0.29, 0.717) is 0 Å². The van der Waals surface area contributed by atoms with Gasteiger partial charge in [0, 0.05) is 29.7 Å². The average Bonchev–Trinajstić information content (AvgIpc) is 2.90. The van der Waals surface area contributed by atoms with E-state index in [1.54, 1.807) is 18.9 Å². The van der Waals surface area contributed by atoms with E-state index < -0.39 is 0 Å². The van der Waals surface area contributed by atoms with Crippen molar-refractivity contribution in [3.05, 3.63) is 42.2 Å². The quantitative estimate of drug-likeness (QED) is 0.831. The number of thioether (sulfide) groups is 1. The molecule has 2 unspecified atom stereocenters. The topological polar surface area (TPSA) is 53.1 Å². The summed E-state index contributed by atoms with van der Waals surface area (Å²) in [6, 6.07) is 8.11. The number of aromatic nitrogens is 2. The van der Waals surface area contributed by atoms with Gasteiger partial charge in [0.2, 0.25) is 0 Å². The van der Waals surface area contributed by atoms with Crippen molar-refractivity contribution in [3.8, 4) is 5.75 Å². The summed E-state index contributed by atoms with van der Waals surface area (Å²) in [4.78, 5) is 1.10. The molecule has 1 aromatic carbocycles. The molecular formula is C15H21N3OS. The van der Waals surface area contributed by atoms with E-state index in [9.17, 15) is 0 Å². The van der Waals surface area contributed by atoms with Crippen LogP contribution in [0.15, 0.2) is 41.6 Å². The summed E-state index contributed by atoms with van der Waals surface area (Å²) in [7, 11) is 3.62. The third-order valence-corrected chi connectivity index (χ3v) is 4.70. The van der Waals surface area contributed by atoms with Gasteiger partial charge in [-0.2, -0.15) is 5.10 Å². The lowest BCUT2D eigenvalue weighted by Gasteiger charge is -2.22. The first kappa shape index (κ1) is 14.9. The molecule has 0 aliphatic heterocycles. The Morgan fingerprint density at radius 3 is 2.75 bits per heavy atom. The molecule has 1 aromatic heterocycles. The van der Waals surface area contributed by atoms with Gasteiger partial charge in [-0.15, -0.1) is 11.8 Å². The van der Waals surface area contributed by atoms with Gasteiger partial charge in [-0.25, -0.2) is 0 Å². The van der Waals surface area contributed by atoms with Crippen LogP contribution in [0.1, 0.15) is 24.2 Å². The van der Waals surface area contributed by atoms with Crippen molar-refractivity contribution in [2.24, 2.45) is 12.8 Å². The summed E-state index contributed by atoms with van der Waals surface area (Å²) in [5, 5.41) is 4.43. The van der Waals surface area contributed by atoms with E-state index >= 15 is 0 Å². The predicted octanol–water partition coefficient (Wildman–Crippen LogP) is 3.00. The number of nitrogens with zero attached hydrogens (tertiary/aromatic N) is 2. The third kappa shape index (κ3) is 3.35. The predicted molar refractivity (Wildman–Crippen MR) is 83.1 cm³/mol. The van der Waals surface area contributed by atoms with E-state index in [2.05, 4.69) is 18.1 Å². The Morgan fingerprint density at radius 1 is 1.40 bits per heavy atom. The molecule has 0 aliphatic rings. The lowest BCUT2D eigenvalue weighted by atomic mass is 10.1. The second kappa shape index (κ2) is 6.81. The van der Waals surface area contributed by atoms with Crippen LogP contribution in [0.2, 0.25) is 0 Å². The molecule has 2 rings (SSSR count). The van der Waals surface area contributed by atoms with Crippen LogP contribution in [-0.2, 0) is 7.05 Å². The summed E-state index contributed by atoms with van der Waals surface area (Å²) < 4.78 is 7.23. The summed E-state index contributed by atoms with van der Waals surface area (Å²) in [6.07, 6.45) is 4.84. The third-order valence-electron chi connectivity index (χ3n) is 3.24. The summed E-state index contributed by atoms with van der Waals surface area (Å²) in [5.41, 5.74) is 7.45. The van der Waals surface area contributed by atoms with E-state index in [0.717, 1.165) is 22.6 Å². The minimum absolute atomic E-state index is 0.0779. The SMILES string of the molecule is CCC(N)C(Sc1ccccc1OC)c1cnn(C)c1. The maximum atomic E-state index is 6.30. The standard InChI is InChI=1S/C15H21N3OS/c1-4-12(16)15(11-9-17-18(2)10-11)20-14-8-6-5-7-13(14)19-3/h5-10,12,15H,4,16H2,1-3H3. The van der Waals surface area contributed by atoms with Gasteiger partial charge < -0.3 is 10.5 Å². The van der Waals surface area contributed by atoms with Gasteiger partial charge in [-0.3, -0.25) is 4.68 Å². The number of hydrogen-bond acceptors (Lipinski definition) is 4. The molecule has 0 radical (unpaired) electrons. The van der Waals surface area contributed by atoms with Crippen molar-refractivity contribution >= 4 is 11.8 Å². The van der Waals surface area contributed by atoms with E-state index in [-0.39, 0.29) is 11.3 Å². The highest BCUT2D eigenvalue weighted by Gasteiger charge is 2.22. The molecule has 2 N–H and O–H groups in total. The number of benzene rings is 1. The molecule has 2 aromatic rings. The molecule has 5 heteroatoms. The maximum Gasteiger partial charge on any atom is 0.132 e. The molecule has 0 amide bonds. The Labute approximate surface area is 124 Å². The summed E-state index contributed by atoms with van der Waals surface area (Å²) in [6.45, 7) is 2.11. The zero-order chi connectivity index (χ0) is 14.5. The van der Waals surface area contributed by atoms with Crippen molar-refractivity contribution in [2.75, 3.05) is 7.11 Å². The largest absolute Gasteiger partial charge is 0.496 e. The molecule has 0 fully saturated rings. The van der Waals surface area contributed by atoms with Crippen LogP contribution < -0.4 is 10.5 Å². The number of nitrogens with two attached hydrogens (primary N) is 1.